The second-order valence-corrected chi connectivity index (χ2v) is 8.77. The van der Waals surface area contributed by atoms with E-state index in [9.17, 15) is 14.4 Å². The first-order valence-electron chi connectivity index (χ1n) is 11.1. The van der Waals surface area contributed by atoms with Gasteiger partial charge in [-0.1, -0.05) is 23.7 Å². The Hall–Kier alpha value is -3.30. The van der Waals surface area contributed by atoms with E-state index in [4.69, 9.17) is 25.8 Å². The van der Waals surface area contributed by atoms with Crippen molar-refractivity contribution in [2.24, 2.45) is 0 Å². The molecule has 3 amide bonds. The first kappa shape index (κ1) is 22.5. The Morgan fingerprint density at radius 2 is 1.79 bits per heavy atom. The van der Waals surface area contributed by atoms with Crippen molar-refractivity contribution in [3.05, 3.63) is 47.5 Å². The Bertz CT molecular complexity index is 1130. The molecule has 3 aliphatic heterocycles. The standard InChI is InChI=1S/C24H24ClN3O6/c1-32-18-7-6-15(25)12-16(18)28-22(29)13-17(23(28)30)26-8-10-27(11-9-26)24(31)21-14-33-19-4-2-3-5-20(19)34-21/h2-7,12,17,21H,8-11,13-14H2,1H3/t17-,21-/m1/s1. The van der Waals surface area contributed by atoms with Gasteiger partial charge in [-0.2, -0.15) is 0 Å². The van der Waals surface area contributed by atoms with Crippen molar-refractivity contribution in [2.75, 3.05) is 44.8 Å². The molecule has 0 unspecified atom stereocenters. The number of carbonyl (C=O) groups excluding carboxylic acids is 3. The lowest BCUT2D eigenvalue weighted by molar-refractivity contribution is -0.143. The molecular weight excluding hydrogens is 462 g/mol. The maximum atomic E-state index is 13.2. The number of imide groups is 1. The fraction of sp³-hybridized carbons (Fsp3) is 0.375. The fourth-order valence-electron chi connectivity index (χ4n) is 4.59. The predicted molar refractivity (Wildman–Crippen MR) is 123 cm³/mol. The molecule has 2 aromatic carbocycles. The van der Waals surface area contributed by atoms with Gasteiger partial charge in [-0.3, -0.25) is 19.3 Å². The molecule has 0 bridgehead atoms. The van der Waals surface area contributed by atoms with Gasteiger partial charge in [-0.25, -0.2) is 4.90 Å². The summed E-state index contributed by atoms with van der Waals surface area (Å²) in [5, 5.41) is 0.406. The van der Waals surface area contributed by atoms with Crippen LogP contribution in [0, 0.1) is 0 Å². The van der Waals surface area contributed by atoms with Crippen LogP contribution in [0.3, 0.4) is 0 Å². The second kappa shape index (κ2) is 9.15. The van der Waals surface area contributed by atoms with Crippen LogP contribution in [0.2, 0.25) is 5.02 Å². The molecule has 0 radical (unpaired) electrons. The van der Waals surface area contributed by atoms with Crippen LogP contribution >= 0.6 is 11.6 Å². The SMILES string of the molecule is COc1ccc(Cl)cc1N1C(=O)C[C@@H](N2CCN(C(=O)[C@H]3COc4ccccc4O3)CC2)C1=O. The number of piperazine rings is 1. The van der Waals surface area contributed by atoms with E-state index >= 15 is 0 Å². The molecule has 0 saturated carbocycles. The topological polar surface area (TPSA) is 88.6 Å². The minimum Gasteiger partial charge on any atom is -0.495 e. The van der Waals surface area contributed by atoms with E-state index in [1.165, 1.54) is 7.11 Å². The van der Waals surface area contributed by atoms with Crippen molar-refractivity contribution in [2.45, 2.75) is 18.6 Å². The van der Waals surface area contributed by atoms with Crippen molar-refractivity contribution in [1.29, 1.82) is 0 Å². The van der Waals surface area contributed by atoms with Crippen molar-refractivity contribution >= 4 is 35.0 Å². The van der Waals surface area contributed by atoms with Gasteiger partial charge in [0, 0.05) is 31.2 Å². The van der Waals surface area contributed by atoms with Gasteiger partial charge in [0.2, 0.25) is 12.0 Å². The molecule has 34 heavy (non-hydrogen) atoms. The number of hydrogen-bond acceptors (Lipinski definition) is 7. The van der Waals surface area contributed by atoms with Crippen molar-refractivity contribution < 1.29 is 28.6 Å². The lowest BCUT2D eigenvalue weighted by Crippen LogP contribution is -2.57. The molecular formula is C24H24ClN3O6. The van der Waals surface area contributed by atoms with E-state index in [0.717, 1.165) is 4.90 Å². The number of halogens is 1. The minimum atomic E-state index is -0.707. The van der Waals surface area contributed by atoms with Gasteiger partial charge < -0.3 is 19.1 Å². The number of fused-ring (bicyclic) bond motifs is 1. The highest BCUT2D eigenvalue weighted by Gasteiger charge is 2.45. The summed E-state index contributed by atoms with van der Waals surface area (Å²) in [5.41, 5.74) is 0.344. The van der Waals surface area contributed by atoms with E-state index in [2.05, 4.69) is 0 Å². The van der Waals surface area contributed by atoms with Gasteiger partial charge in [-0.05, 0) is 30.3 Å². The molecule has 3 aliphatic rings. The van der Waals surface area contributed by atoms with Gasteiger partial charge >= 0.3 is 0 Å². The lowest BCUT2D eigenvalue weighted by Gasteiger charge is -2.38. The zero-order chi connectivity index (χ0) is 23.8. The largest absolute Gasteiger partial charge is 0.495 e. The smallest absolute Gasteiger partial charge is 0.267 e. The minimum absolute atomic E-state index is 0.0683. The highest BCUT2D eigenvalue weighted by molar-refractivity contribution is 6.31. The number of hydrogen-bond donors (Lipinski definition) is 0. The van der Waals surface area contributed by atoms with Crippen LogP contribution in [0.25, 0.3) is 0 Å². The third kappa shape index (κ3) is 4.05. The van der Waals surface area contributed by atoms with E-state index in [0.29, 0.717) is 54.1 Å². The number of benzene rings is 2. The average Bonchev–Trinajstić information content (AvgIpc) is 3.16. The summed E-state index contributed by atoms with van der Waals surface area (Å²) >= 11 is 6.10. The molecule has 2 atom stereocenters. The molecule has 178 valence electrons. The number of anilines is 1. The molecule has 2 fully saturated rings. The highest BCUT2D eigenvalue weighted by atomic mass is 35.5. The first-order chi connectivity index (χ1) is 16.5. The zero-order valence-corrected chi connectivity index (χ0v) is 19.4. The molecule has 0 aromatic heterocycles. The lowest BCUT2D eigenvalue weighted by atomic mass is 10.1. The third-order valence-corrected chi connectivity index (χ3v) is 6.59. The normalized spacial score (nSPS) is 22.8. The maximum Gasteiger partial charge on any atom is 0.267 e. The summed E-state index contributed by atoms with van der Waals surface area (Å²) in [4.78, 5) is 43.8. The Balaban J connectivity index is 1.22. The Morgan fingerprint density at radius 3 is 2.53 bits per heavy atom. The molecule has 10 heteroatoms. The fourth-order valence-corrected chi connectivity index (χ4v) is 4.76. The van der Waals surface area contributed by atoms with E-state index < -0.39 is 12.1 Å². The molecule has 2 saturated heterocycles. The number of para-hydroxylation sites is 2. The number of ether oxygens (including phenoxy) is 3. The Kier molecular flexibility index (Phi) is 6.05. The monoisotopic (exact) mass is 485 g/mol. The summed E-state index contributed by atoms with van der Waals surface area (Å²) in [5.74, 6) is 0.817. The van der Waals surface area contributed by atoms with Crippen LogP contribution in [-0.2, 0) is 14.4 Å². The van der Waals surface area contributed by atoms with E-state index in [1.807, 2.05) is 17.0 Å². The Labute approximate surface area is 201 Å². The van der Waals surface area contributed by atoms with Gasteiger partial charge in [0.15, 0.2) is 11.5 Å². The maximum absolute atomic E-state index is 13.2. The molecule has 9 nitrogen and oxygen atoms in total. The summed E-state index contributed by atoms with van der Waals surface area (Å²) < 4.78 is 16.8. The zero-order valence-electron chi connectivity index (χ0n) is 18.6. The van der Waals surface area contributed by atoms with Crippen LogP contribution in [0.5, 0.6) is 17.2 Å². The number of carbonyl (C=O) groups is 3. The predicted octanol–water partition coefficient (Wildman–Crippen LogP) is 1.96. The van der Waals surface area contributed by atoms with Gasteiger partial charge in [0.25, 0.3) is 11.8 Å². The van der Waals surface area contributed by atoms with Crippen molar-refractivity contribution in [1.82, 2.24) is 9.80 Å². The van der Waals surface area contributed by atoms with Crippen LogP contribution in [0.1, 0.15) is 6.42 Å². The van der Waals surface area contributed by atoms with Gasteiger partial charge in [0.1, 0.15) is 12.4 Å². The summed E-state index contributed by atoms with van der Waals surface area (Å²) in [6, 6.07) is 11.5. The molecule has 3 heterocycles. The average molecular weight is 486 g/mol. The summed E-state index contributed by atoms with van der Waals surface area (Å²) in [6.45, 7) is 1.96. The van der Waals surface area contributed by atoms with E-state index in [1.54, 1.807) is 35.2 Å². The number of amides is 3. The van der Waals surface area contributed by atoms with Crippen molar-refractivity contribution in [3.8, 4) is 17.2 Å². The number of nitrogens with zero attached hydrogens (tertiary/aromatic N) is 3. The van der Waals surface area contributed by atoms with Crippen LogP contribution in [0.15, 0.2) is 42.5 Å². The van der Waals surface area contributed by atoms with Crippen LogP contribution in [0.4, 0.5) is 5.69 Å². The summed E-state index contributed by atoms with van der Waals surface area (Å²) in [7, 11) is 1.48. The van der Waals surface area contributed by atoms with Crippen LogP contribution in [-0.4, -0.2) is 79.6 Å². The van der Waals surface area contributed by atoms with Gasteiger partial charge in [0.05, 0.1) is 25.3 Å². The quantitative estimate of drug-likeness (QED) is 0.612. The molecule has 2 aromatic rings. The van der Waals surface area contributed by atoms with Crippen molar-refractivity contribution in [3.63, 3.8) is 0 Å². The molecule has 0 N–H and O–H groups in total. The molecule has 0 aliphatic carbocycles. The number of methoxy groups -OCH3 is 1. The third-order valence-electron chi connectivity index (χ3n) is 6.36. The Morgan fingerprint density at radius 1 is 1.06 bits per heavy atom. The second-order valence-electron chi connectivity index (χ2n) is 8.33. The molecule has 5 rings (SSSR count). The van der Waals surface area contributed by atoms with Gasteiger partial charge in [-0.15, -0.1) is 0 Å². The van der Waals surface area contributed by atoms with E-state index in [-0.39, 0.29) is 30.7 Å². The number of rotatable bonds is 4. The highest BCUT2D eigenvalue weighted by Crippen LogP contribution is 2.36. The first-order valence-corrected chi connectivity index (χ1v) is 11.5. The van der Waals surface area contributed by atoms with Crippen LogP contribution < -0.4 is 19.1 Å². The molecule has 0 spiro atoms. The summed E-state index contributed by atoms with van der Waals surface area (Å²) in [6.07, 6.45) is -0.638.